The van der Waals surface area contributed by atoms with E-state index in [1.807, 2.05) is 55.5 Å². The van der Waals surface area contributed by atoms with Crippen molar-refractivity contribution in [2.24, 2.45) is 0 Å². The first kappa shape index (κ1) is 20.9. The van der Waals surface area contributed by atoms with Crippen molar-refractivity contribution in [1.29, 1.82) is 0 Å². The lowest BCUT2D eigenvalue weighted by molar-refractivity contribution is 0.102. The first-order valence-corrected chi connectivity index (χ1v) is 10.5. The maximum Gasteiger partial charge on any atom is 0.255 e. The summed E-state index contributed by atoms with van der Waals surface area (Å²) in [7, 11) is 1.70. The molecule has 160 valence electrons. The number of hydrogen-bond acceptors (Lipinski definition) is 5. The van der Waals surface area contributed by atoms with Gasteiger partial charge in [-0.1, -0.05) is 29.8 Å². The molecule has 2 heterocycles. The molecule has 0 bridgehead atoms. The molecular formula is C25H28N4O2. The van der Waals surface area contributed by atoms with E-state index in [1.54, 1.807) is 13.3 Å². The Bertz CT molecular complexity index is 1010. The van der Waals surface area contributed by atoms with Crippen molar-refractivity contribution in [2.45, 2.75) is 13.5 Å². The Kier molecular flexibility index (Phi) is 6.48. The van der Waals surface area contributed by atoms with Gasteiger partial charge in [0.15, 0.2) is 0 Å². The minimum atomic E-state index is -0.124. The lowest BCUT2D eigenvalue weighted by Gasteiger charge is -2.35. The lowest BCUT2D eigenvalue weighted by atomic mass is 10.1. The highest BCUT2D eigenvalue weighted by atomic mass is 16.5. The van der Waals surface area contributed by atoms with Crippen molar-refractivity contribution < 1.29 is 9.53 Å². The summed E-state index contributed by atoms with van der Waals surface area (Å²) in [6.07, 6.45) is 1.73. The monoisotopic (exact) mass is 416 g/mol. The van der Waals surface area contributed by atoms with E-state index in [9.17, 15) is 4.79 Å². The Morgan fingerprint density at radius 3 is 2.48 bits per heavy atom. The largest absolute Gasteiger partial charge is 0.497 e. The smallest absolute Gasteiger partial charge is 0.255 e. The molecule has 4 rings (SSSR count). The minimum Gasteiger partial charge on any atom is -0.497 e. The van der Waals surface area contributed by atoms with Crippen molar-refractivity contribution in [3.8, 4) is 5.75 Å². The quantitative estimate of drug-likeness (QED) is 0.659. The van der Waals surface area contributed by atoms with E-state index in [4.69, 9.17) is 4.74 Å². The molecule has 31 heavy (non-hydrogen) atoms. The summed E-state index contributed by atoms with van der Waals surface area (Å²) in [4.78, 5) is 21.7. The first-order chi connectivity index (χ1) is 15.1. The Hall–Kier alpha value is -3.38. The summed E-state index contributed by atoms with van der Waals surface area (Å²) in [5.41, 5.74) is 3.73. The van der Waals surface area contributed by atoms with Crippen LogP contribution in [0, 0.1) is 6.92 Å². The van der Waals surface area contributed by atoms with Crippen LogP contribution in [0.15, 0.2) is 66.9 Å². The van der Waals surface area contributed by atoms with E-state index in [2.05, 4.69) is 32.2 Å². The number of nitrogens with zero attached hydrogens (tertiary/aromatic N) is 3. The predicted octanol–water partition coefficient (Wildman–Crippen LogP) is 3.97. The van der Waals surface area contributed by atoms with Crippen LogP contribution in [-0.2, 0) is 6.54 Å². The maximum absolute atomic E-state index is 12.4. The van der Waals surface area contributed by atoms with Crippen LogP contribution in [0.2, 0.25) is 0 Å². The standard InChI is InChI=1S/C25H28N4O2/c1-19-6-8-21(9-7-19)25(30)27-22-10-11-24(26-17-22)29-14-12-28(13-15-29)18-20-4-3-5-23(16-20)31-2/h3-11,16-17H,12-15,18H2,1-2H3,(H,27,30). The van der Waals surface area contributed by atoms with Crippen LogP contribution in [-0.4, -0.2) is 49.1 Å². The molecule has 0 saturated carbocycles. The van der Waals surface area contributed by atoms with Gasteiger partial charge in [0.2, 0.25) is 0 Å². The molecule has 1 amide bonds. The van der Waals surface area contributed by atoms with Gasteiger partial charge in [-0.2, -0.15) is 0 Å². The van der Waals surface area contributed by atoms with E-state index in [-0.39, 0.29) is 5.91 Å². The van der Waals surface area contributed by atoms with Gasteiger partial charge < -0.3 is 15.0 Å². The number of amides is 1. The third kappa shape index (κ3) is 5.41. The zero-order chi connectivity index (χ0) is 21.6. The topological polar surface area (TPSA) is 57.7 Å². The van der Waals surface area contributed by atoms with Crippen LogP contribution >= 0.6 is 0 Å². The number of anilines is 2. The number of rotatable bonds is 6. The van der Waals surface area contributed by atoms with E-state index in [0.29, 0.717) is 11.3 Å². The van der Waals surface area contributed by atoms with Crippen LogP contribution in [0.3, 0.4) is 0 Å². The number of hydrogen-bond donors (Lipinski definition) is 1. The van der Waals surface area contributed by atoms with Gasteiger partial charge in [-0.15, -0.1) is 0 Å². The second-order valence-corrected chi connectivity index (χ2v) is 7.84. The number of piperazine rings is 1. The van der Waals surface area contributed by atoms with Gasteiger partial charge in [-0.25, -0.2) is 4.98 Å². The van der Waals surface area contributed by atoms with Gasteiger partial charge in [-0.3, -0.25) is 9.69 Å². The molecule has 2 aromatic carbocycles. The summed E-state index contributed by atoms with van der Waals surface area (Å²) in [6.45, 7) is 6.72. The Labute approximate surface area is 183 Å². The van der Waals surface area contributed by atoms with E-state index in [0.717, 1.165) is 49.9 Å². The molecule has 1 aliphatic rings. The fourth-order valence-corrected chi connectivity index (χ4v) is 3.72. The van der Waals surface area contributed by atoms with Gasteiger partial charge >= 0.3 is 0 Å². The number of carbonyl (C=O) groups is 1. The van der Waals surface area contributed by atoms with Crippen LogP contribution < -0.4 is 15.0 Å². The Morgan fingerprint density at radius 2 is 1.81 bits per heavy atom. The van der Waals surface area contributed by atoms with Gasteiger partial charge in [-0.05, 0) is 48.9 Å². The van der Waals surface area contributed by atoms with Gasteiger partial charge in [0.1, 0.15) is 11.6 Å². The molecule has 0 spiro atoms. The fraction of sp³-hybridized carbons (Fsp3) is 0.280. The number of methoxy groups -OCH3 is 1. The molecule has 0 aliphatic carbocycles. The second-order valence-electron chi connectivity index (χ2n) is 7.84. The molecule has 6 heteroatoms. The van der Waals surface area contributed by atoms with Crippen LogP contribution in [0.4, 0.5) is 11.5 Å². The molecule has 0 radical (unpaired) electrons. The number of benzene rings is 2. The Morgan fingerprint density at radius 1 is 1.03 bits per heavy atom. The number of ether oxygens (including phenoxy) is 1. The normalized spacial score (nSPS) is 14.3. The third-order valence-electron chi connectivity index (χ3n) is 5.56. The number of pyridine rings is 1. The highest BCUT2D eigenvalue weighted by Crippen LogP contribution is 2.19. The first-order valence-electron chi connectivity index (χ1n) is 10.5. The fourth-order valence-electron chi connectivity index (χ4n) is 3.72. The molecule has 0 atom stereocenters. The summed E-state index contributed by atoms with van der Waals surface area (Å²) in [5.74, 6) is 1.71. The minimum absolute atomic E-state index is 0.124. The zero-order valence-corrected chi connectivity index (χ0v) is 18.0. The molecule has 1 fully saturated rings. The number of carbonyl (C=O) groups excluding carboxylic acids is 1. The molecule has 1 N–H and O–H groups in total. The summed E-state index contributed by atoms with van der Waals surface area (Å²) in [5, 5.41) is 2.91. The van der Waals surface area contributed by atoms with Crippen LogP contribution in [0.5, 0.6) is 5.75 Å². The highest BCUT2D eigenvalue weighted by molar-refractivity contribution is 6.04. The Balaban J connectivity index is 1.29. The average Bonchev–Trinajstić information content (AvgIpc) is 2.81. The van der Waals surface area contributed by atoms with Gasteiger partial charge in [0.05, 0.1) is 19.0 Å². The number of nitrogens with one attached hydrogen (secondary N) is 1. The highest BCUT2D eigenvalue weighted by Gasteiger charge is 2.18. The summed E-state index contributed by atoms with van der Waals surface area (Å²) in [6, 6.07) is 19.7. The van der Waals surface area contributed by atoms with Crippen molar-refractivity contribution in [3.05, 3.63) is 83.6 Å². The van der Waals surface area contributed by atoms with E-state index >= 15 is 0 Å². The number of aryl methyl sites for hydroxylation is 1. The van der Waals surface area contributed by atoms with Gasteiger partial charge in [0.25, 0.3) is 5.91 Å². The molecule has 1 aromatic heterocycles. The van der Waals surface area contributed by atoms with Crippen LogP contribution in [0.25, 0.3) is 0 Å². The van der Waals surface area contributed by atoms with Crippen molar-refractivity contribution in [3.63, 3.8) is 0 Å². The number of aromatic nitrogens is 1. The van der Waals surface area contributed by atoms with Crippen LogP contribution in [0.1, 0.15) is 21.5 Å². The second kappa shape index (κ2) is 9.62. The molecular weight excluding hydrogens is 388 g/mol. The summed E-state index contributed by atoms with van der Waals surface area (Å²) < 4.78 is 5.32. The van der Waals surface area contributed by atoms with E-state index in [1.165, 1.54) is 5.56 Å². The molecule has 6 nitrogen and oxygen atoms in total. The summed E-state index contributed by atoms with van der Waals surface area (Å²) >= 11 is 0. The molecule has 3 aromatic rings. The predicted molar refractivity (Wildman–Crippen MR) is 124 cm³/mol. The van der Waals surface area contributed by atoms with Gasteiger partial charge in [0, 0.05) is 38.3 Å². The van der Waals surface area contributed by atoms with E-state index < -0.39 is 0 Å². The molecule has 0 unspecified atom stereocenters. The maximum atomic E-state index is 12.4. The van der Waals surface area contributed by atoms with Crippen molar-refractivity contribution in [2.75, 3.05) is 43.5 Å². The molecule has 1 saturated heterocycles. The zero-order valence-electron chi connectivity index (χ0n) is 18.0. The molecule has 1 aliphatic heterocycles. The third-order valence-corrected chi connectivity index (χ3v) is 5.56. The lowest BCUT2D eigenvalue weighted by Crippen LogP contribution is -2.46. The van der Waals surface area contributed by atoms with Crippen molar-refractivity contribution in [1.82, 2.24) is 9.88 Å². The SMILES string of the molecule is COc1cccc(CN2CCN(c3ccc(NC(=O)c4ccc(C)cc4)cn3)CC2)c1. The van der Waals surface area contributed by atoms with Crippen molar-refractivity contribution >= 4 is 17.4 Å². The average molecular weight is 417 g/mol.